The molecule has 1 aromatic heterocycles. The maximum absolute atomic E-state index is 5.94. The minimum absolute atomic E-state index is 0.253. The van der Waals surface area contributed by atoms with E-state index in [-0.39, 0.29) is 6.04 Å². The Labute approximate surface area is 112 Å². The molecule has 2 rings (SSSR count). The molecule has 3 nitrogen and oxygen atoms in total. The molecule has 1 aromatic carbocycles. The molecule has 0 saturated heterocycles. The SMILES string of the molecule is CCC(N)Cc1ccc(Sc2cnccn2)cc1. The van der Waals surface area contributed by atoms with Crippen molar-refractivity contribution in [1.82, 2.24) is 9.97 Å². The lowest BCUT2D eigenvalue weighted by Gasteiger charge is -2.08. The largest absolute Gasteiger partial charge is 0.327 e. The van der Waals surface area contributed by atoms with Crippen LogP contribution in [-0.2, 0) is 6.42 Å². The van der Waals surface area contributed by atoms with E-state index in [9.17, 15) is 0 Å². The number of rotatable bonds is 5. The van der Waals surface area contributed by atoms with Crippen molar-refractivity contribution < 1.29 is 0 Å². The van der Waals surface area contributed by atoms with E-state index in [0.29, 0.717) is 0 Å². The normalized spacial score (nSPS) is 12.3. The summed E-state index contributed by atoms with van der Waals surface area (Å²) < 4.78 is 0. The molecule has 0 bridgehead atoms. The predicted molar refractivity (Wildman–Crippen MR) is 74.6 cm³/mol. The van der Waals surface area contributed by atoms with Gasteiger partial charge < -0.3 is 5.73 Å². The monoisotopic (exact) mass is 259 g/mol. The van der Waals surface area contributed by atoms with Crippen LogP contribution in [0.15, 0.2) is 52.8 Å². The van der Waals surface area contributed by atoms with Crippen LogP contribution in [0.5, 0.6) is 0 Å². The topological polar surface area (TPSA) is 51.8 Å². The zero-order chi connectivity index (χ0) is 12.8. The van der Waals surface area contributed by atoms with Crippen molar-refractivity contribution in [2.24, 2.45) is 5.73 Å². The van der Waals surface area contributed by atoms with E-state index >= 15 is 0 Å². The molecule has 2 aromatic rings. The van der Waals surface area contributed by atoms with Gasteiger partial charge in [0.15, 0.2) is 0 Å². The number of nitrogens with zero attached hydrogens (tertiary/aromatic N) is 2. The molecule has 0 fully saturated rings. The summed E-state index contributed by atoms with van der Waals surface area (Å²) in [7, 11) is 0. The highest BCUT2D eigenvalue weighted by atomic mass is 32.2. The van der Waals surface area contributed by atoms with Crippen molar-refractivity contribution in [3.8, 4) is 0 Å². The van der Waals surface area contributed by atoms with Crippen LogP contribution in [0, 0.1) is 0 Å². The van der Waals surface area contributed by atoms with Crippen LogP contribution in [0.2, 0.25) is 0 Å². The molecule has 0 aliphatic rings. The van der Waals surface area contributed by atoms with Gasteiger partial charge in [0.2, 0.25) is 0 Å². The molecular formula is C14H17N3S. The Morgan fingerprint density at radius 2 is 2.00 bits per heavy atom. The second-order valence-electron chi connectivity index (χ2n) is 4.16. The van der Waals surface area contributed by atoms with E-state index in [4.69, 9.17) is 5.73 Å². The van der Waals surface area contributed by atoms with Crippen molar-refractivity contribution in [2.75, 3.05) is 0 Å². The zero-order valence-corrected chi connectivity index (χ0v) is 11.2. The van der Waals surface area contributed by atoms with Gasteiger partial charge in [-0.15, -0.1) is 0 Å². The average molecular weight is 259 g/mol. The first-order valence-electron chi connectivity index (χ1n) is 6.06. The van der Waals surface area contributed by atoms with Gasteiger partial charge in [-0.05, 0) is 30.5 Å². The van der Waals surface area contributed by atoms with Gasteiger partial charge in [-0.2, -0.15) is 0 Å². The second kappa shape index (κ2) is 6.52. The van der Waals surface area contributed by atoms with E-state index in [1.807, 2.05) is 0 Å². The third kappa shape index (κ3) is 3.82. The molecule has 4 heteroatoms. The minimum atomic E-state index is 0.253. The third-order valence-corrected chi connectivity index (χ3v) is 3.64. The average Bonchev–Trinajstić information content (AvgIpc) is 2.42. The van der Waals surface area contributed by atoms with Crippen molar-refractivity contribution in [3.63, 3.8) is 0 Å². The molecule has 1 heterocycles. The Hall–Kier alpha value is -1.39. The number of benzene rings is 1. The van der Waals surface area contributed by atoms with Crippen molar-refractivity contribution in [2.45, 2.75) is 35.7 Å². The lowest BCUT2D eigenvalue weighted by Crippen LogP contribution is -2.21. The van der Waals surface area contributed by atoms with Crippen LogP contribution in [0.25, 0.3) is 0 Å². The molecule has 18 heavy (non-hydrogen) atoms. The van der Waals surface area contributed by atoms with Gasteiger partial charge in [-0.3, -0.25) is 4.98 Å². The maximum atomic E-state index is 5.94. The van der Waals surface area contributed by atoms with Gasteiger partial charge in [0.1, 0.15) is 5.03 Å². The highest BCUT2D eigenvalue weighted by Crippen LogP contribution is 2.25. The molecule has 94 valence electrons. The smallest absolute Gasteiger partial charge is 0.119 e. The molecule has 1 atom stereocenters. The zero-order valence-electron chi connectivity index (χ0n) is 10.4. The summed E-state index contributed by atoms with van der Waals surface area (Å²) in [5.74, 6) is 0. The molecule has 2 N–H and O–H groups in total. The number of nitrogens with two attached hydrogens (primary N) is 1. The van der Waals surface area contributed by atoms with E-state index in [1.54, 1.807) is 30.4 Å². The highest BCUT2D eigenvalue weighted by Gasteiger charge is 2.02. The maximum Gasteiger partial charge on any atom is 0.119 e. The molecule has 1 unspecified atom stereocenters. The summed E-state index contributed by atoms with van der Waals surface area (Å²) >= 11 is 1.62. The Kier molecular flexibility index (Phi) is 4.73. The quantitative estimate of drug-likeness (QED) is 0.897. The van der Waals surface area contributed by atoms with Gasteiger partial charge in [-0.25, -0.2) is 4.98 Å². The Bertz CT molecular complexity index is 470. The summed E-state index contributed by atoms with van der Waals surface area (Å²) in [6.45, 7) is 2.11. The highest BCUT2D eigenvalue weighted by molar-refractivity contribution is 7.99. The van der Waals surface area contributed by atoms with Crippen molar-refractivity contribution >= 4 is 11.8 Å². The van der Waals surface area contributed by atoms with E-state index in [0.717, 1.165) is 17.9 Å². The second-order valence-corrected chi connectivity index (χ2v) is 5.26. The standard InChI is InChI=1S/C14H17N3S/c1-2-12(15)9-11-3-5-13(6-4-11)18-14-10-16-7-8-17-14/h3-8,10,12H,2,9,15H2,1H3. The first-order valence-corrected chi connectivity index (χ1v) is 6.88. The van der Waals surface area contributed by atoms with Crippen LogP contribution in [0.3, 0.4) is 0 Å². The van der Waals surface area contributed by atoms with Gasteiger partial charge in [0.25, 0.3) is 0 Å². The first-order chi connectivity index (χ1) is 8.78. The molecule has 0 amide bonds. The fourth-order valence-corrected chi connectivity index (χ4v) is 2.34. The molecule has 0 aliphatic heterocycles. The first kappa shape index (κ1) is 13.1. The van der Waals surface area contributed by atoms with Crippen molar-refractivity contribution in [3.05, 3.63) is 48.4 Å². The summed E-state index contributed by atoms with van der Waals surface area (Å²) in [6, 6.07) is 8.74. The molecule has 0 spiro atoms. The Morgan fingerprint density at radius 3 is 2.61 bits per heavy atom. The van der Waals surface area contributed by atoms with Gasteiger partial charge >= 0.3 is 0 Å². The van der Waals surface area contributed by atoms with Crippen LogP contribution in [0.1, 0.15) is 18.9 Å². The molecule has 0 aliphatic carbocycles. The van der Waals surface area contributed by atoms with Gasteiger partial charge in [-0.1, -0.05) is 30.8 Å². The number of hydrogen-bond donors (Lipinski definition) is 1. The van der Waals surface area contributed by atoms with E-state index in [2.05, 4.69) is 41.2 Å². The lowest BCUT2D eigenvalue weighted by molar-refractivity contribution is 0.646. The summed E-state index contributed by atoms with van der Waals surface area (Å²) in [5, 5.41) is 0.913. The third-order valence-electron chi connectivity index (χ3n) is 2.71. The predicted octanol–water partition coefficient (Wildman–Crippen LogP) is 2.91. The summed E-state index contributed by atoms with van der Waals surface area (Å²) in [4.78, 5) is 9.46. The van der Waals surface area contributed by atoms with E-state index < -0.39 is 0 Å². The Morgan fingerprint density at radius 1 is 1.22 bits per heavy atom. The molecule has 0 radical (unpaired) electrons. The summed E-state index contributed by atoms with van der Waals surface area (Å²) in [6.07, 6.45) is 7.10. The minimum Gasteiger partial charge on any atom is -0.327 e. The van der Waals surface area contributed by atoms with Crippen LogP contribution in [-0.4, -0.2) is 16.0 Å². The molecule has 0 saturated carbocycles. The fraction of sp³-hybridized carbons (Fsp3) is 0.286. The summed E-state index contributed by atoms with van der Waals surface area (Å²) in [5.41, 5.74) is 7.23. The Balaban J connectivity index is 2.00. The van der Waals surface area contributed by atoms with E-state index in [1.165, 1.54) is 10.5 Å². The van der Waals surface area contributed by atoms with Gasteiger partial charge in [0, 0.05) is 23.3 Å². The van der Waals surface area contributed by atoms with Crippen LogP contribution < -0.4 is 5.73 Å². The number of aromatic nitrogens is 2. The van der Waals surface area contributed by atoms with Crippen LogP contribution >= 0.6 is 11.8 Å². The van der Waals surface area contributed by atoms with Gasteiger partial charge in [0.05, 0.1) is 6.20 Å². The van der Waals surface area contributed by atoms with Crippen molar-refractivity contribution in [1.29, 1.82) is 0 Å². The lowest BCUT2D eigenvalue weighted by atomic mass is 10.1. The fourth-order valence-electron chi connectivity index (χ4n) is 1.60. The molecular weight excluding hydrogens is 242 g/mol. The van der Waals surface area contributed by atoms with Crippen LogP contribution in [0.4, 0.5) is 0 Å². The number of hydrogen-bond acceptors (Lipinski definition) is 4.